The van der Waals surface area contributed by atoms with E-state index in [4.69, 9.17) is 5.73 Å². The highest BCUT2D eigenvalue weighted by atomic mass is 35.5. The van der Waals surface area contributed by atoms with Crippen molar-refractivity contribution in [3.05, 3.63) is 35.9 Å². The van der Waals surface area contributed by atoms with Crippen molar-refractivity contribution < 1.29 is 4.79 Å². The Morgan fingerprint density at radius 2 is 2.00 bits per heavy atom. The molecule has 0 aliphatic heterocycles. The van der Waals surface area contributed by atoms with Crippen molar-refractivity contribution in [2.75, 3.05) is 25.1 Å². The average molecular weight is 275 g/mol. The number of halogens is 1. The molecule has 0 bridgehead atoms. The second kappa shape index (κ2) is 9.33. The second-order valence-corrected chi connectivity index (χ2v) is 4.39. The lowest BCUT2D eigenvalue weighted by molar-refractivity contribution is -0.128. The third-order valence-electron chi connectivity index (χ3n) is 2.24. The third kappa shape index (κ3) is 5.96. The van der Waals surface area contributed by atoms with Gasteiger partial charge in [0.2, 0.25) is 5.91 Å². The van der Waals surface area contributed by atoms with Gasteiger partial charge in [0.05, 0.1) is 5.75 Å². The van der Waals surface area contributed by atoms with E-state index in [2.05, 4.69) is 0 Å². The predicted molar refractivity (Wildman–Crippen MR) is 76.5 cm³/mol. The number of carbonyl (C=O) groups excluding carboxylic acids is 1. The lowest BCUT2D eigenvalue weighted by Crippen LogP contribution is -2.36. The minimum atomic E-state index is 0. The molecular weight excluding hydrogens is 256 g/mol. The molecule has 0 saturated heterocycles. The van der Waals surface area contributed by atoms with Crippen LogP contribution in [0.4, 0.5) is 0 Å². The summed E-state index contributed by atoms with van der Waals surface area (Å²) in [6.07, 6.45) is 1.93. The molecule has 3 nitrogen and oxygen atoms in total. The number of carbonyl (C=O) groups is 1. The Labute approximate surface area is 113 Å². The molecule has 0 spiro atoms. The molecule has 1 aromatic carbocycles. The maximum atomic E-state index is 11.8. The van der Waals surface area contributed by atoms with Crippen LogP contribution in [0, 0.1) is 0 Å². The number of nitrogens with zero attached hydrogens (tertiary/aromatic N) is 1. The van der Waals surface area contributed by atoms with Crippen molar-refractivity contribution in [3.63, 3.8) is 0 Å². The topological polar surface area (TPSA) is 46.3 Å². The smallest absolute Gasteiger partial charge is 0.232 e. The fourth-order valence-corrected chi connectivity index (χ4v) is 1.90. The normalized spacial score (nSPS) is 9.53. The van der Waals surface area contributed by atoms with Crippen LogP contribution in [0.25, 0.3) is 0 Å². The molecule has 2 N–H and O–H groups in total. The van der Waals surface area contributed by atoms with Gasteiger partial charge in [0.1, 0.15) is 0 Å². The van der Waals surface area contributed by atoms with E-state index in [1.54, 1.807) is 11.8 Å². The second-order valence-electron chi connectivity index (χ2n) is 3.52. The van der Waals surface area contributed by atoms with E-state index in [0.29, 0.717) is 25.4 Å². The number of benzene rings is 1. The molecule has 0 radical (unpaired) electrons. The van der Waals surface area contributed by atoms with Crippen LogP contribution < -0.4 is 5.73 Å². The summed E-state index contributed by atoms with van der Waals surface area (Å²) in [7, 11) is 0. The summed E-state index contributed by atoms with van der Waals surface area (Å²) < 4.78 is 0. The van der Waals surface area contributed by atoms with Gasteiger partial charge in [-0.15, -0.1) is 12.4 Å². The van der Waals surface area contributed by atoms with Gasteiger partial charge in [0.15, 0.2) is 0 Å². The van der Waals surface area contributed by atoms with Crippen LogP contribution in [0.5, 0.6) is 0 Å². The molecule has 0 heterocycles. The highest BCUT2D eigenvalue weighted by Crippen LogP contribution is 2.06. The van der Waals surface area contributed by atoms with Crippen LogP contribution in [-0.4, -0.2) is 35.9 Å². The summed E-state index contributed by atoms with van der Waals surface area (Å²) >= 11 is 1.54. The van der Waals surface area contributed by atoms with Gasteiger partial charge in [-0.3, -0.25) is 4.79 Å². The average Bonchev–Trinajstić information content (AvgIpc) is 2.30. The number of amides is 1. The van der Waals surface area contributed by atoms with Gasteiger partial charge in [0.25, 0.3) is 0 Å². The van der Waals surface area contributed by atoms with E-state index in [0.717, 1.165) is 5.56 Å². The van der Waals surface area contributed by atoms with E-state index in [1.165, 1.54) is 0 Å². The summed E-state index contributed by atoms with van der Waals surface area (Å²) in [5.74, 6) is 0.675. The Bertz CT molecular complexity index is 322. The van der Waals surface area contributed by atoms with Crippen molar-refractivity contribution >= 4 is 30.1 Å². The van der Waals surface area contributed by atoms with Crippen LogP contribution in [0.2, 0.25) is 0 Å². The number of rotatable bonds is 6. The highest BCUT2D eigenvalue weighted by Gasteiger charge is 2.11. The summed E-state index contributed by atoms with van der Waals surface area (Å²) in [6, 6.07) is 9.98. The molecular formula is C12H19ClN2OS. The summed E-state index contributed by atoms with van der Waals surface area (Å²) in [5.41, 5.74) is 6.66. The van der Waals surface area contributed by atoms with Crippen molar-refractivity contribution in [2.45, 2.75) is 6.54 Å². The zero-order chi connectivity index (χ0) is 11.8. The lowest BCUT2D eigenvalue weighted by Gasteiger charge is -2.21. The van der Waals surface area contributed by atoms with E-state index >= 15 is 0 Å². The highest BCUT2D eigenvalue weighted by molar-refractivity contribution is 7.99. The van der Waals surface area contributed by atoms with Gasteiger partial charge in [-0.05, 0) is 11.8 Å². The number of hydrogen-bond acceptors (Lipinski definition) is 3. The van der Waals surface area contributed by atoms with Crippen LogP contribution in [0.3, 0.4) is 0 Å². The minimum Gasteiger partial charge on any atom is -0.336 e. The van der Waals surface area contributed by atoms with Gasteiger partial charge >= 0.3 is 0 Å². The van der Waals surface area contributed by atoms with Crippen LogP contribution in [-0.2, 0) is 11.3 Å². The largest absolute Gasteiger partial charge is 0.336 e. The molecule has 0 unspecified atom stereocenters. The molecule has 1 aromatic rings. The van der Waals surface area contributed by atoms with E-state index < -0.39 is 0 Å². The van der Waals surface area contributed by atoms with E-state index in [1.807, 2.05) is 41.5 Å². The molecule has 0 atom stereocenters. The Kier molecular flexibility index (Phi) is 8.94. The SMILES string of the molecule is CSCC(=O)N(CCN)Cc1ccccc1.Cl. The quantitative estimate of drug-likeness (QED) is 0.860. The van der Waals surface area contributed by atoms with Crippen LogP contribution in [0.1, 0.15) is 5.56 Å². The maximum Gasteiger partial charge on any atom is 0.232 e. The number of thioether (sulfide) groups is 1. The molecule has 0 saturated carbocycles. The van der Waals surface area contributed by atoms with Crippen molar-refractivity contribution in [1.82, 2.24) is 4.90 Å². The molecule has 0 aliphatic carbocycles. The standard InChI is InChI=1S/C12H18N2OS.ClH/c1-16-10-12(15)14(8-7-13)9-11-5-3-2-4-6-11;/h2-6H,7-10,13H2,1H3;1H. The monoisotopic (exact) mass is 274 g/mol. The minimum absolute atomic E-state index is 0. The maximum absolute atomic E-state index is 11.8. The fourth-order valence-electron chi connectivity index (χ4n) is 1.47. The summed E-state index contributed by atoms with van der Waals surface area (Å²) in [6.45, 7) is 1.78. The first-order valence-electron chi connectivity index (χ1n) is 5.28. The van der Waals surface area contributed by atoms with Gasteiger partial charge in [-0.1, -0.05) is 30.3 Å². The van der Waals surface area contributed by atoms with Crippen molar-refractivity contribution in [3.8, 4) is 0 Å². The molecule has 1 amide bonds. The molecule has 0 fully saturated rings. The molecule has 17 heavy (non-hydrogen) atoms. The predicted octanol–water partition coefficient (Wildman–Crippen LogP) is 1.76. The Morgan fingerprint density at radius 3 is 2.53 bits per heavy atom. The first kappa shape index (κ1) is 16.3. The summed E-state index contributed by atoms with van der Waals surface area (Å²) in [5, 5.41) is 0. The number of hydrogen-bond donors (Lipinski definition) is 1. The Hall–Kier alpha value is -0.710. The molecule has 1 rings (SSSR count). The molecule has 0 aromatic heterocycles. The zero-order valence-corrected chi connectivity index (χ0v) is 11.6. The van der Waals surface area contributed by atoms with Crippen molar-refractivity contribution in [2.24, 2.45) is 5.73 Å². The lowest BCUT2D eigenvalue weighted by atomic mass is 10.2. The molecule has 96 valence electrons. The van der Waals surface area contributed by atoms with E-state index in [9.17, 15) is 4.79 Å². The van der Waals surface area contributed by atoms with E-state index in [-0.39, 0.29) is 18.3 Å². The van der Waals surface area contributed by atoms with Crippen LogP contribution >= 0.6 is 24.2 Å². The number of nitrogens with two attached hydrogens (primary N) is 1. The van der Waals surface area contributed by atoms with Gasteiger partial charge in [0, 0.05) is 19.6 Å². The van der Waals surface area contributed by atoms with Crippen LogP contribution in [0.15, 0.2) is 30.3 Å². The Balaban J connectivity index is 0.00000256. The van der Waals surface area contributed by atoms with Gasteiger partial charge in [-0.2, -0.15) is 11.8 Å². The molecule has 0 aliphatic rings. The third-order valence-corrected chi connectivity index (χ3v) is 2.77. The Morgan fingerprint density at radius 1 is 1.35 bits per heavy atom. The van der Waals surface area contributed by atoms with Gasteiger partial charge < -0.3 is 10.6 Å². The fraction of sp³-hybridized carbons (Fsp3) is 0.417. The van der Waals surface area contributed by atoms with Gasteiger partial charge in [-0.25, -0.2) is 0 Å². The summed E-state index contributed by atoms with van der Waals surface area (Å²) in [4.78, 5) is 13.6. The zero-order valence-electron chi connectivity index (χ0n) is 9.96. The van der Waals surface area contributed by atoms with Crippen molar-refractivity contribution in [1.29, 1.82) is 0 Å². The first-order chi connectivity index (χ1) is 7.77. The molecule has 5 heteroatoms. The first-order valence-corrected chi connectivity index (χ1v) is 6.68.